The third-order valence-electron chi connectivity index (χ3n) is 2.31. The zero-order valence-corrected chi connectivity index (χ0v) is 9.65. The maximum Gasteiger partial charge on any atom is 0.341 e. The molecule has 1 aromatic rings. The van der Waals surface area contributed by atoms with Crippen molar-refractivity contribution in [2.75, 3.05) is 0 Å². The Balaban J connectivity index is 3.27. The van der Waals surface area contributed by atoms with Gasteiger partial charge < -0.3 is 9.67 Å². The van der Waals surface area contributed by atoms with Gasteiger partial charge in [-0.05, 0) is 32.9 Å². The van der Waals surface area contributed by atoms with Gasteiger partial charge in [0.15, 0.2) is 0 Å². The van der Waals surface area contributed by atoms with E-state index in [2.05, 4.69) is 0 Å². The monoisotopic (exact) mass is 221 g/mol. The van der Waals surface area contributed by atoms with Crippen LogP contribution in [0.2, 0.25) is 0 Å². The molecule has 0 radical (unpaired) electrons. The van der Waals surface area contributed by atoms with E-state index in [4.69, 9.17) is 5.11 Å². The molecule has 0 saturated heterocycles. The summed E-state index contributed by atoms with van der Waals surface area (Å²) in [6.07, 6.45) is 1.89. The highest BCUT2D eigenvalue weighted by atomic mass is 16.4. The Kier molecular flexibility index (Phi) is 3.66. The molecule has 1 N–H and O–H groups in total. The van der Waals surface area contributed by atoms with E-state index in [1.165, 1.54) is 10.6 Å². The molecule has 1 heterocycles. The topological polar surface area (TPSA) is 59.3 Å². The van der Waals surface area contributed by atoms with E-state index in [0.717, 1.165) is 11.3 Å². The van der Waals surface area contributed by atoms with E-state index in [0.29, 0.717) is 6.54 Å². The first-order valence-electron chi connectivity index (χ1n) is 5.00. The van der Waals surface area contributed by atoms with E-state index in [-0.39, 0.29) is 5.56 Å². The number of carbonyl (C=O) groups is 1. The quantitative estimate of drug-likeness (QED) is 0.792. The first kappa shape index (κ1) is 12.2. The minimum Gasteiger partial charge on any atom is -0.477 e. The van der Waals surface area contributed by atoms with Crippen molar-refractivity contribution >= 4 is 5.97 Å². The molecule has 0 amide bonds. The van der Waals surface area contributed by atoms with Crippen LogP contribution in [0.25, 0.3) is 0 Å². The van der Waals surface area contributed by atoms with Crippen molar-refractivity contribution in [1.82, 2.24) is 4.57 Å². The fraction of sp³-hybridized carbons (Fsp3) is 0.333. The predicted molar refractivity (Wildman–Crippen MR) is 61.8 cm³/mol. The van der Waals surface area contributed by atoms with Crippen molar-refractivity contribution in [2.45, 2.75) is 27.3 Å². The number of hydrogen-bond donors (Lipinski definition) is 1. The number of pyridine rings is 1. The van der Waals surface area contributed by atoms with Gasteiger partial charge in [-0.3, -0.25) is 4.79 Å². The number of hydrogen-bond acceptors (Lipinski definition) is 2. The predicted octanol–water partition coefficient (Wildman–Crippen LogP) is 1.82. The third-order valence-corrected chi connectivity index (χ3v) is 2.31. The zero-order valence-electron chi connectivity index (χ0n) is 9.65. The Hall–Kier alpha value is -1.84. The van der Waals surface area contributed by atoms with Crippen molar-refractivity contribution in [3.8, 4) is 0 Å². The van der Waals surface area contributed by atoms with Crippen molar-refractivity contribution in [3.63, 3.8) is 0 Å². The standard InChI is InChI=1S/C12H15NO3/c1-8(2)6-7-13-9(3)4-5-10(11(13)14)12(15)16/h4-6H,7H2,1-3H3,(H,15,16). The summed E-state index contributed by atoms with van der Waals surface area (Å²) >= 11 is 0. The molecule has 1 rings (SSSR count). The smallest absolute Gasteiger partial charge is 0.341 e. The van der Waals surface area contributed by atoms with E-state index in [1.54, 1.807) is 13.0 Å². The van der Waals surface area contributed by atoms with E-state index in [1.807, 2.05) is 19.9 Å². The molecule has 0 fully saturated rings. The van der Waals surface area contributed by atoms with Crippen molar-refractivity contribution in [3.05, 3.63) is 45.4 Å². The van der Waals surface area contributed by atoms with Crippen LogP contribution in [0.4, 0.5) is 0 Å². The maximum absolute atomic E-state index is 11.8. The molecule has 1 aromatic heterocycles. The first-order valence-corrected chi connectivity index (χ1v) is 5.00. The van der Waals surface area contributed by atoms with Crippen molar-refractivity contribution in [2.24, 2.45) is 0 Å². The molecule has 0 unspecified atom stereocenters. The molecule has 0 aliphatic carbocycles. The Morgan fingerprint density at radius 2 is 2.06 bits per heavy atom. The number of rotatable bonds is 3. The van der Waals surface area contributed by atoms with Crippen molar-refractivity contribution < 1.29 is 9.90 Å². The molecule has 0 aliphatic heterocycles. The van der Waals surface area contributed by atoms with Gasteiger partial charge in [-0.1, -0.05) is 11.6 Å². The van der Waals surface area contributed by atoms with Crippen LogP contribution in [0, 0.1) is 6.92 Å². The van der Waals surface area contributed by atoms with E-state index >= 15 is 0 Å². The van der Waals surface area contributed by atoms with Gasteiger partial charge in [0.2, 0.25) is 0 Å². The van der Waals surface area contributed by atoms with E-state index in [9.17, 15) is 9.59 Å². The minimum atomic E-state index is -1.18. The summed E-state index contributed by atoms with van der Waals surface area (Å²) in [5, 5.41) is 8.83. The maximum atomic E-state index is 11.8. The minimum absolute atomic E-state index is 0.187. The van der Waals surface area contributed by atoms with Gasteiger partial charge in [-0.2, -0.15) is 0 Å². The van der Waals surface area contributed by atoms with Crippen molar-refractivity contribution in [1.29, 1.82) is 0 Å². The van der Waals surface area contributed by atoms with Crippen LogP contribution in [-0.2, 0) is 6.54 Å². The second-order valence-corrected chi connectivity index (χ2v) is 3.89. The number of allylic oxidation sites excluding steroid dienone is 2. The molecular weight excluding hydrogens is 206 g/mol. The van der Waals surface area contributed by atoms with Crippen LogP contribution in [-0.4, -0.2) is 15.6 Å². The second kappa shape index (κ2) is 4.79. The summed E-state index contributed by atoms with van der Waals surface area (Å²) in [6, 6.07) is 2.99. The van der Waals surface area contributed by atoms with E-state index < -0.39 is 11.5 Å². The molecule has 86 valence electrons. The highest BCUT2D eigenvalue weighted by molar-refractivity contribution is 5.87. The van der Waals surface area contributed by atoms with Gasteiger partial charge in [0.1, 0.15) is 5.56 Å². The summed E-state index contributed by atoms with van der Waals surface area (Å²) in [4.78, 5) is 22.6. The fourth-order valence-corrected chi connectivity index (χ4v) is 1.33. The molecule has 0 spiro atoms. The Morgan fingerprint density at radius 1 is 1.44 bits per heavy atom. The van der Waals surface area contributed by atoms with Crippen LogP contribution in [0.1, 0.15) is 29.9 Å². The van der Waals surface area contributed by atoms with Crippen LogP contribution in [0.3, 0.4) is 0 Å². The van der Waals surface area contributed by atoms with Crippen LogP contribution >= 0.6 is 0 Å². The molecule has 0 atom stereocenters. The summed E-state index contributed by atoms with van der Waals surface area (Å²) < 4.78 is 1.45. The lowest BCUT2D eigenvalue weighted by Gasteiger charge is -2.08. The molecular formula is C12H15NO3. The summed E-state index contributed by atoms with van der Waals surface area (Å²) in [6.45, 7) is 6.06. The number of carboxylic acids is 1. The molecule has 0 aliphatic rings. The Labute approximate surface area is 93.8 Å². The van der Waals surface area contributed by atoms with Gasteiger partial charge in [0, 0.05) is 12.2 Å². The number of aromatic nitrogens is 1. The lowest BCUT2D eigenvalue weighted by molar-refractivity contribution is 0.0694. The Bertz CT molecular complexity index is 493. The van der Waals surface area contributed by atoms with Crippen LogP contribution in [0.15, 0.2) is 28.6 Å². The lowest BCUT2D eigenvalue weighted by atomic mass is 10.2. The highest BCUT2D eigenvalue weighted by Gasteiger charge is 2.11. The largest absolute Gasteiger partial charge is 0.477 e. The summed E-state index contributed by atoms with van der Waals surface area (Å²) in [5.41, 5.74) is 1.21. The third kappa shape index (κ3) is 2.59. The zero-order chi connectivity index (χ0) is 12.3. The number of carboxylic acid groups (broad SMARTS) is 1. The molecule has 0 saturated carbocycles. The molecule has 0 bridgehead atoms. The van der Waals surface area contributed by atoms with Gasteiger partial charge in [-0.15, -0.1) is 0 Å². The fourth-order valence-electron chi connectivity index (χ4n) is 1.33. The lowest BCUT2D eigenvalue weighted by Crippen LogP contribution is -2.27. The summed E-state index contributed by atoms with van der Waals surface area (Å²) in [5.74, 6) is -1.18. The Morgan fingerprint density at radius 3 is 2.56 bits per heavy atom. The number of aromatic carboxylic acids is 1. The molecule has 4 nitrogen and oxygen atoms in total. The van der Waals surface area contributed by atoms with Gasteiger partial charge >= 0.3 is 5.97 Å². The second-order valence-electron chi connectivity index (χ2n) is 3.89. The SMILES string of the molecule is CC(C)=CCn1c(C)ccc(C(=O)O)c1=O. The highest BCUT2D eigenvalue weighted by Crippen LogP contribution is 2.00. The van der Waals surface area contributed by atoms with Gasteiger partial charge in [0.25, 0.3) is 5.56 Å². The first-order chi connectivity index (χ1) is 7.43. The number of nitrogens with zero attached hydrogens (tertiary/aromatic N) is 1. The van der Waals surface area contributed by atoms with Gasteiger partial charge in [-0.25, -0.2) is 4.79 Å². The number of aryl methyl sites for hydroxylation is 1. The average Bonchev–Trinajstić information content (AvgIpc) is 2.16. The summed E-state index contributed by atoms with van der Waals surface area (Å²) in [7, 11) is 0. The molecule has 0 aromatic carbocycles. The van der Waals surface area contributed by atoms with Crippen LogP contribution < -0.4 is 5.56 Å². The van der Waals surface area contributed by atoms with Crippen LogP contribution in [0.5, 0.6) is 0 Å². The van der Waals surface area contributed by atoms with Gasteiger partial charge in [0.05, 0.1) is 0 Å². The normalized spacial score (nSPS) is 9.94. The average molecular weight is 221 g/mol. The molecule has 4 heteroatoms. The molecule has 16 heavy (non-hydrogen) atoms.